The van der Waals surface area contributed by atoms with Crippen LogP contribution in [0, 0.1) is 0 Å². The van der Waals surface area contributed by atoms with Crippen LogP contribution in [0.15, 0.2) is 36.3 Å². The van der Waals surface area contributed by atoms with Crippen molar-refractivity contribution in [3.63, 3.8) is 0 Å². The summed E-state index contributed by atoms with van der Waals surface area (Å²) in [6.45, 7) is 0. The lowest BCUT2D eigenvalue weighted by molar-refractivity contribution is 0.647. The minimum absolute atomic E-state index is 0.181. The third-order valence-corrected chi connectivity index (χ3v) is 9.49. The number of nitrogens with one attached hydrogen (secondary N) is 4. The van der Waals surface area contributed by atoms with Crippen molar-refractivity contribution in [2.24, 2.45) is 0 Å². The number of imidazole rings is 2. The van der Waals surface area contributed by atoms with E-state index in [1.165, 1.54) is 0 Å². The van der Waals surface area contributed by atoms with Crippen LogP contribution in [0.2, 0.25) is 10.0 Å². The van der Waals surface area contributed by atoms with Crippen molar-refractivity contribution < 1.29 is 8.83 Å². The van der Waals surface area contributed by atoms with Crippen LogP contribution in [0.5, 0.6) is 0 Å². The van der Waals surface area contributed by atoms with Crippen LogP contribution in [-0.4, -0.2) is 29.9 Å². The van der Waals surface area contributed by atoms with E-state index in [1.54, 1.807) is 0 Å². The largest absolute Gasteiger partial charge is 0.450 e. The van der Waals surface area contributed by atoms with Crippen LogP contribution in [0.4, 0.5) is 0 Å². The molecule has 36 heavy (non-hydrogen) atoms. The Labute approximate surface area is 239 Å². The Morgan fingerprint density at radius 2 is 1.03 bits per heavy atom. The predicted molar refractivity (Wildman–Crippen MR) is 151 cm³/mol. The zero-order valence-electron chi connectivity index (χ0n) is 16.8. The molecule has 180 valence electrons. The summed E-state index contributed by atoms with van der Waals surface area (Å²) < 4.78 is 14.4. The summed E-state index contributed by atoms with van der Waals surface area (Å²) in [6, 6.07) is 0. The predicted octanol–water partition coefficient (Wildman–Crippen LogP) is 7.53. The summed E-state index contributed by atoms with van der Waals surface area (Å²) in [7, 11) is 0. The second-order valence-electron chi connectivity index (χ2n) is 7.69. The lowest BCUT2D eigenvalue weighted by atomic mass is 10.2. The first-order valence-corrected chi connectivity index (χ1v) is 13.7. The van der Waals surface area contributed by atoms with Crippen molar-refractivity contribution in [3.05, 3.63) is 48.9 Å². The Morgan fingerprint density at radius 3 is 1.61 bits per heavy atom. The second-order valence-corrected chi connectivity index (χ2v) is 11.6. The third kappa shape index (κ3) is 2.93. The average Bonchev–Trinajstić information content (AvgIpc) is 3.46. The maximum Gasteiger partial charge on any atom is 0.368 e. The third-order valence-electron chi connectivity index (χ3n) is 5.71. The van der Waals surface area contributed by atoms with E-state index in [1.807, 2.05) is 0 Å². The van der Waals surface area contributed by atoms with Crippen molar-refractivity contribution in [2.75, 3.05) is 0 Å². The van der Waals surface area contributed by atoms with E-state index in [2.05, 4.69) is 93.6 Å². The number of fused-ring (bicyclic) bond motifs is 6. The fourth-order valence-electron chi connectivity index (χ4n) is 4.15. The molecule has 10 nitrogen and oxygen atoms in total. The SMILES string of the molecule is O=c1nc2c(Br)c3[nH]c4c(Cl)c5oc6c(Br)c7[nH]c(=O)[nH]c7c(Br)c6[nH]c5c(Cl)c4oc3c(Br)c2n1. The molecule has 4 heterocycles. The summed E-state index contributed by atoms with van der Waals surface area (Å²) in [5.74, 6) is 0. The number of benzene rings is 3. The van der Waals surface area contributed by atoms with Gasteiger partial charge in [0.15, 0.2) is 22.3 Å². The normalized spacial score (nSPS) is 12.4. The van der Waals surface area contributed by atoms with Gasteiger partial charge in [0, 0.05) is 0 Å². The van der Waals surface area contributed by atoms with Crippen LogP contribution < -0.4 is 11.4 Å². The molecule has 7 aromatic rings. The summed E-state index contributed by atoms with van der Waals surface area (Å²) in [4.78, 5) is 43.6. The number of nitrogens with zero attached hydrogens (tertiary/aromatic N) is 2. The molecular formula is C20H4Br4Cl2N6O4. The molecule has 0 aliphatic carbocycles. The van der Waals surface area contributed by atoms with Gasteiger partial charge in [-0.3, -0.25) is 0 Å². The first-order valence-electron chi connectivity index (χ1n) is 9.75. The van der Waals surface area contributed by atoms with Crippen LogP contribution in [0.1, 0.15) is 0 Å². The summed E-state index contributed by atoms with van der Waals surface area (Å²) in [5, 5.41) is 0.361. The van der Waals surface area contributed by atoms with Gasteiger partial charge in [-0.15, -0.1) is 0 Å². The Morgan fingerprint density at radius 1 is 0.556 bits per heavy atom. The molecule has 0 spiro atoms. The highest BCUT2D eigenvalue weighted by molar-refractivity contribution is 9.11. The number of hydrogen-bond acceptors (Lipinski definition) is 6. The maximum absolute atomic E-state index is 11.9. The Bertz CT molecular complexity index is 1980. The fraction of sp³-hybridized carbons (Fsp3) is 0. The van der Waals surface area contributed by atoms with E-state index in [0.29, 0.717) is 73.2 Å². The molecule has 7 rings (SSSR count). The van der Waals surface area contributed by atoms with Gasteiger partial charge in [-0.2, -0.15) is 9.97 Å². The molecule has 0 unspecified atom stereocenters. The van der Waals surface area contributed by atoms with Crippen molar-refractivity contribution in [2.45, 2.75) is 0 Å². The zero-order chi connectivity index (χ0) is 25.2. The first-order chi connectivity index (χ1) is 17.2. The summed E-state index contributed by atoms with van der Waals surface area (Å²) in [6.07, 6.45) is 0. The van der Waals surface area contributed by atoms with Crippen LogP contribution in [-0.2, 0) is 0 Å². The van der Waals surface area contributed by atoms with Crippen molar-refractivity contribution in [3.8, 4) is 0 Å². The highest BCUT2D eigenvalue weighted by Crippen LogP contribution is 2.45. The number of halogens is 6. The topological polar surface area (TPSA) is 149 Å². The number of H-pyrrole nitrogens is 4. The van der Waals surface area contributed by atoms with Gasteiger partial charge in [-0.25, -0.2) is 9.59 Å². The standard InChI is InChI=1S/C20H4Br4Cl2N6O4/c21-1-7-9(31-19(33)29-7)3(23)15-11(1)27-13-5(25)18-14(6(26)17(13)35-15)28-12-2(22)8-10(32-20(34)30-8)4(24)16(12)36-18/h27-28H,(H2,29,31,33). The molecule has 0 fully saturated rings. The van der Waals surface area contributed by atoms with Gasteiger partial charge >= 0.3 is 11.4 Å². The highest BCUT2D eigenvalue weighted by atomic mass is 79.9. The molecule has 0 saturated carbocycles. The Balaban J connectivity index is 1.70. The average molecular weight is 783 g/mol. The number of aromatic amines is 4. The molecule has 4 N–H and O–H groups in total. The minimum Gasteiger partial charge on any atom is -0.450 e. The number of hydrogen-bond donors (Lipinski definition) is 4. The van der Waals surface area contributed by atoms with Gasteiger partial charge in [0.05, 0.1) is 40.0 Å². The molecule has 0 atom stereocenters. The van der Waals surface area contributed by atoms with E-state index in [9.17, 15) is 9.59 Å². The molecule has 0 amide bonds. The van der Waals surface area contributed by atoms with Crippen LogP contribution >= 0.6 is 86.9 Å². The highest BCUT2D eigenvalue weighted by Gasteiger charge is 2.24. The van der Waals surface area contributed by atoms with Gasteiger partial charge in [0.25, 0.3) is 0 Å². The van der Waals surface area contributed by atoms with E-state index in [-0.39, 0.29) is 26.9 Å². The molecule has 16 heteroatoms. The fourth-order valence-corrected chi connectivity index (χ4v) is 6.95. The number of aromatic nitrogens is 6. The lowest BCUT2D eigenvalue weighted by Crippen LogP contribution is -1.99. The number of rotatable bonds is 0. The Hall–Kier alpha value is -2.10. The molecule has 4 aromatic heterocycles. The van der Waals surface area contributed by atoms with Gasteiger partial charge in [-0.05, 0) is 63.7 Å². The molecule has 0 bridgehead atoms. The van der Waals surface area contributed by atoms with Gasteiger partial charge in [0.2, 0.25) is 0 Å². The van der Waals surface area contributed by atoms with E-state index in [0.717, 1.165) is 0 Å². The van der Waals surface area contributed by atoms with Crippen LogP contribution in [0.25, 0.3) is 66.5 Å². The quantitative estimate of drug-likeness (QED) is 0.117. The Kier molecular flexibility index (Phi) is 4.94. The van der Waals surface area contributed by atoms with E-state index in [4.69, 9.17) is 32.0 Å². The molecule has 0 radical (unpaired) electrons. The van der Waals surface area contributed by atoms with E-state index >= 15 is 0 Å². The minimum atomic E-state index is -0.623. The second kappa shape index (κ2) is 7.71. The monoisotopic (exact) mass is 778 g/mol. The summed E-state index contributed by atoms with van der Waals surface area (Å²) >= 11 is 27.6. The van der Waals surface area contributed by atoms with Crippen molar-refractivity contribution in [1.82, 2.24) is 29.9 Å². The molecule has 3 aromatic carbocycles. The lowest BCUT2D eigenvalue weighted by Gasteiger charge is -2.13. The molecule has 0 aliphatic heterocycles. The zero-order valence-corrected chi connectivity index (χ0v) is 24.7. The van der Waals surface area contributed by atoms with Crippen LogP contribution in [0.3, 0.4) is 0 Å². The molecule has 0 aliphatic rings. The first kappa shape index (κ1) is 23.0. The molecule has 0 saturated heterocycles. The van der Waals surface area contributed by atoms with Crippen molar-refractivity contribution >= 4 is 153 Å². The van der Waals surface area contributed by atoms with Gasteiger partial charge in [0.1, 0.15) is 32.1 Å². The smallest absolute Gasteiger partial charge is 0.368 e. The van der Waals surface area contributed by atoms with Gasteiger partial charge in [-0.1, -0.05) is 23.2 Å². The van der Waals surface area contributed by atoms with Gasteiger partial charge < -0.3 is 28.8 Å². The van der Waals surface area contributed by atoms with Crippen molar-refractivity contribution in [1.29, 1.82) is 0 Å². The maximum atomic E-state index is 11.9. The van der Waals surface area contributed by atoms with E-state index < -0.39 is 5.69 Å². The summed E-state index contributed by atoms with van der Waals surface area (Å²) in [5.41, 5.74) is 3.61. The molecular weight excluding hydrogens is 779 g/mol.